The highest BCUT2D eigenvalue weighted by atomic mass is 32.1. The number of nitrogens with zero attached hydrogens (tertiary/aromatic N) is 3. The van der Waals surface area contributed by atoms with E-state index in [1.807, 2.05) is 11.3 Å². The molecule has 12 aromatic rings. The molecular formula is C54H33N3S. The van der Waals surface area contributed by atoms with Crippen LogP contribution in [0.2, 0.25) is 0 Å². The minimum Gasteiger partial charge on any atom is -0.278 e. The normalized spacial score (nSPS) is 11.8. The Hall–Kier alpha value is -7.40. The van der Waals surface area contributed by atoms with Gasteiger partial charge in [0.1, 0.15) is 0 Å². The summed E-state index contributed by atoms with van der Waals surface area (Å²) in [7, 11) is 0. The lowest BCUT2D eigenvalue weighted by molar-refractivity contribution is 1.01. The van der Waals surface area contributed by atoms with Crippen molar-refractivity contribution in [3.63, 3.8) is 0 Å². The van der Waals surface area contributed by atoms with Gasteiger partial charge >= 0.3 is 0 Å². The van der Waals surface area contributed by atoms with Gasteiger partial charge in [0.15, 0.2) is 0 Å². The van der Waals surface area contributed by atoms with Gasteiger partial charge in [-0.05, 0) is 74.5 Å². The van der Waals surface area contributed by atoms with Crippen molar-refractivity contribution in [3.8, 4) is 50.6 Å². The lowest BCUT2D eigenvalue weighted by atomic mass is 9.96. The van der Waals surface area contributed by atoms with Crippen molar-refractivity contribution >= 4 is 75.0 Å². The third-order valence-corrected chi connectivity index (χ3v) is 12.9. The minimum absolute atomic E-state index is 0.659. The zero-order chi connectivity index (χ0) is 38.2. The van der Waals surface area contributed by atoms with Crippen LogP contribution in [-0.4, -0.2) is 14.5 Å². The van der Waals surface area contributed by atoms with Crippen molar-refractivity contribution in [2.24, 2.45) is 0 Å². The number of thiophene rings is 1. The maximum absolute atomic E-state index is 5.38. The summed E-state index contributed by atoms with van der Waals surface area (Å²) in [5.74, 6) is 0.659. The van der Waals surface area contributed by atoms with Crippen LogP contribution in [0.1, 0.15) is 0 Å². The molecule has 0 spiro atoms. The molecule has 270 valence electrons. The van der Waals surface area contributed by atoms with Crippen LogP contribution in [0.4, 0.5) is 0 Å². The van der Waals surface area contributed by atoms with Gasteiger partial charge in [-0.3, -0.25) is 4.57 Å². The zero-order valence-corrected chi connectivity index (χ0v) is 32.1. The molecule has 0 N–H and O–H groups in total. The summed E-state index contributed by atoms with van der Waals surface area (Å²) in [4.78, 5) is 10.6. The molecule has 3 aromatic heterocycles. The maximum Gasteiger partial charge on any atom is 0.235 e. The van der Waals surface area contributed by atoms with Crippen LogP contribution in [0.5, 0.6) is 0 Å². The Morgan fingerprint density at radius 1 is 0.379 bits per heavy atom. The fraction of sp³-hybridized carbons (Fsp3) is 0. The van der Waals surface area contributed by atoms with Crippen LogP contribution in [0.15, 0.2) is 200 Å². The molecule has 0 unspecified atom stereocenters. The quantitative estimate of drug-likeness (QED) is 0.175. The minimum atomic E-state index is 0.659. The molecule has 3 heterocycles. The maximum atomic E-state index is 5.38. The highest BCUT2D eigenvalue weighted by molar-refractivity contribution is 7.26. The van der Waals surface area contributed by atoms with E-state index in [2.05, 4.69) is 205 Å². The number of aromatic nitrogens is 3. The molecule has 3 nitrogen and oxygen atoms in total. The molecule has 0 saturated carbocycles. The molecule has 58 heavy (non-hydrogen) atoms. The van der Waals surface area contributed by atoms with Gasteiger partial charge in [-0.2, -0.15) is 0 Å². The highest BCUT2D eigenvalue weighted by Gasteiger charge is 2.19. The second-order valence-corrected chi connectivity index (χ2v) is 16.0. The van der Waals surface area contributed by atoms with E-state index >= 15 is 0 Å². The molecule has 0 aliphatic carbocycles. The molecule has 4 heteroatoms. The summed E-state index contributed by atoms with van der Waals surface area (Å²) in [5.41, 5.74) is 12.3. The molecule has 0 fully saturated rings. The largest absolute Gasteiger partial charge is 0.278 e. The summed E-state index contributed by atoms with van der Waals surface area (Å²) in [5, 5.41) is 8.47. The molecular weight excluding hydrogens is 723 g/mol. The molecule has 9 aromatic carbocycles. The third-order valence-electron chi connectivity index (χ3n) is 11.6. The molecule has 0 aliphatic rings. The van der Waals surface area contributed by atoms with Crippen LogP contribution in [0, 0.1) is 0 Å². The number of rotatable bonds is 5. The van der Waals surface area contributed by atoms with Crippen LogP contribution in [-0.2, 0) is 0 Å². The summed E-state index contributed by atoms with van der Waals surface area (Å²) < 4.78 is 4.91. The molecule has 0 radical (unpaired) electrons. The standard InChI is InChI=1S/C54H33N3S/c1-2-11-34(12-3-1)35-23-28-39(29-24-35)52-44-14-4-7-18-47(44)55-54(56-52)57-48-19-8-5-15-45(48)51-46-33-40(30-27-38(46)31-32-49(51)57)36-21-25-37(26-22-36)41-16-10-17-43-42-13-6-9-20-50(42)58-53(41)43/h1-33H. The van der Waals surface area contributed by atoms with Gasteiger partial charge in [0.05, 0.1) is 22.2 Å². The van der Waals surface area contributed by atoms with E-state index < -0.39 is 0 Å². The van der Waals surface area contributed by atoms with E-state index in [0.717, 1.165) is 33.2 Å². The second-order valence-electron chi connectivity index (χ2n) is 14.9. The Labute approximate surface area is 338 Å². The number of hydrogen-bond acceptors (Lipinski definition) is 3. The first kappa shape index (κ1) is 32.8. The predicted octanol–water partition coefficient (Wildman–Crippen LogP) is 14.9. The van der Waals surface area contributed by atoms with Gasteiger partial charge in [-0.1, -0.05) is 170 Å². The Morgan fingerprint density at radius 3 is 1.84 bits per heavy atom. The lowest BCUT2D eigenvalue weighted by Gasteiger charge is -2.12. The van der Waals surface area contributed by atoms with Crippen LogP contribution >= 0.6 is 11.3 Å². The fourth-order valence-corrected chi connectivity index (χ4v) is 10.1. The van der Waals surface area contributed by atoms with Crippen molar-refractivity contribution in [2.45, 2.75) is 0 Å². The SMILES string of the molecule is c1ccc(-c2ccc(-c3nc(-n4c5ccccc5c5c6cc(-c7ccc(-c8cccc9c8sc8ccccc89)cc7)ccc6ccc54)nc4ccccc34)cc2)cc1. The molecule has 0 amide bonds. The number of para-hydroxylation sites is 2. The average Bonchev–Trinajstić information content (AvgIpc) is 3.85. The molecule has 0 saturated heterocycles. The van der Waals surface area contributed by atoms with E-state index in [9.17, 15) is 0 Å². The summed E-state index contributed by atoms with van der Waals surface area (Å²) in [6.45, 7) is 0. The number of benzene rings is 9. The Balaban J connectivity index is 0.992. The van der Waals surface area contributed by atoms with Gasteiger partial charge in [-0.25, -0.2) is 9.97 Å². The van der Waals surface area contributed by atoms with Crippen LogP contribution in [0.3, 0.4) is 0 Å². The first-order valence-corrected chi connectivity index (χ1v) is 20.5. The predicted molar refractivity (Wildman–Crippen MR) is 246 cm³/mol. The van der Waals surface area contributed by atoms with E-state index in [1.54, 1.807) is 0 Å². The van der Waals surface area contributed by atoms with Gasteiger partial charge in [0, 0.05) is 41.9 Å². The number of hydrogen-bond donors (Lipinski definition) is 0. The first-order valence-electron chi connectivity index (χ1n) is 19.7. The summed E-state index contributed by atoms with van der Waals surface area (Å²) >= 11 is 1.88. The Bertz CT molecular complexity index is 3540. The van der Waals surface area contributed by atoms with Crippen molar-refractivity contribution in [1.82, 2.24) is 14.5 Å². The Morgan fingerprint density at radius 2 is 1.00 bits per heavy atom. The van der Waals surface area contributed by atoms with Gasteiger partial charge in [-0.15, -0.1) is 11.3 Å². The Kier molecular flexibility index (Phi) is 7.40. The van der Waals surface area contributed by atoms with E-state index in [1.165, 1.54) is 75.1 Å². The van der Waals surface area contributed by atoms with E-state index in [0.29, 0.717) is 5.95 Å². The van der Waals surface area contributed by atoms with Crippen LogP contribution < -0.4 is 0 Å². The molecule has 0 atom stereocenters. The van der Waals surface area contributed by atoms with E-state index in [4.69, 9.17) is 9.97 Å². The first-order chi connectivity index (χ1) is 28.7. The second kappa shape index (κ2) is 13.1. The van der Waals surface area contributed by atoms with Crippen molar-refractivity contribution in [3.05, 3.63) is 200 Å². The van der Waals surface area contributed by atoms with Gasteiger partial charge in [0.2, 0.25) is 5.95 Å². The average molecular weight is 756 g/mol. The molecule has 12 rings (SSSR count). The summed E-state index contributed by atoms with van der Waals surface area (Å²) in [6.07, 6.45) is 0. The van der Waals surface area contributed by atoms with E-state index in [-0.39, 0.29) is 0 Å². The third kappa shape index (κ3) is 5.19. The fourth-order valence-electron chi connectivity index (χ4n) is 8.83. The lowest BCUT2D eigenvalue weighted by Crippen LogP contribution is -2.03. The van der Waals surface area contributed by atoms with Gasteiger partial charge < -0.3 is 0 Å². The van der Waals surface area contributed by atoms with Crippen molar-refractivity contribution in [1.29, 1.82) is 0 Å². The smallest absolute Gasteiger partial charge is 0.235 e. The topological polar surface area (TPSA) is 30.7 Å². The highest BCUT2D eigenvalue weighted by Crippen LogP contribution is 2.42. The number of fused-ring (bicyclic) bond motifs is 9. The monoisotopic (exact) mass is 755 g/mol. The van der Waals surface area contributed by atoms with Gasteiger partial charge in [0.25, 0.3) is 0 Å². The van der Waals surface area contributed by atoms with Crippen LogP contribution in [0.25, 0.3) is 114 Å². The molecule has 0 aliphatic heterocycles. The van der Waals surface area contributed by atoms with Crippen molar-refractivity contribution < 1.29 is 0 Å². The zero-order valence-electron chi connectivity index (χ0n) is 31.3. The van der Waals surface area contributed by atoms with Crippen molar-refractivity contribution in [2.75, 3.05) is 0 Å². The molecule has 0 bridgehead atoms. The summed E-state index contributed by atoms with van der Waals surface area (Å²) in [6, 6.07) is 72.0.